The number of alkyl halides is 3. The van der Waals surface area contributed by atoms with E-state index >= 15 is 0 Å². The predicted octanol–water partition coefficient (Wildman–Crippen LogP) is 5.26. The largest absolute Gasteiger partial charge is 0.460 e. The SMILES string of the molecule is Fc1ccc(-c2ccc(CNC3CCN(c4ccc(C(F)(F)F)cn4)CC3)o2)cc1. The summed E-state index contributed by atoms with van der Waals surface area (Å²) in [5.74, 6) is 1.76. The summed E-state index contributed by atoms with van der Waals surface area (Å²) in [5, 5.41) is 3.46. The Bertz CT molecular complexity index is 959. The number of hydrogen-bond acceptors (Lipinski definition) is 4. The number of anilines is 1. The lowest BCUT2D eigenvalue weighted by atomic mass is 10.0. The normalized spacial score (nSPS) is 15.5. The molecule has 30 heavy (non-hydrogen) atoms. The fourth-order valence-electron chi connectivity index (χ4n) is 3.54. The van der Waals surface area contributed by atoms with E-state index in [9.17, 15) is 17.6 Å². The molecule has 158 valence electrons. The van der Waals surface area contributed by atoms with Crippen molar-refractivity contribution in [3.8, 4) is 11.3 Å². The monoisotopic (exact) mass is 419 g/mol. The van der Waals surface area contributed by atoms with Crippen LogP contribution in [0.25, 0.3) is 11.3 Å². The molecule has 0 radical (unpaired) electrons. The quantitative estimate of drug-likeness (QED) is 0.573. The van der Waals surface area contributed by atoms with Crippen LogP contribution in [-0.4, -0.2) is 24.1 Å². The number of nitrogens with zero attached hydrogens (tertiary/aromatic N) is 2. The summed E-state index contributed by atoms with van der Waals surface area (Å²) in [5.41, 5.74) is 0.0845. The number of piperidine rings is 1. The number of rotatable bonds is 5. The van der Waals surface area contributed by atoms with Crippen LogP contribution in [0.4, 0.5) is 23.4 Å². The van der Waals surface area contributed by atoms with Crippen molar-refractivity contribution in [1.29, 1.82) is 0 Å². The lowest BCUT2D eigenvalue weighted by molar-refractivity contribution is -0.137. The van der Waals surface area contributed by atoms with Gasteiger partial charge < -0.3 is 14.6 Å². The van der Waals surface area contributed by atoms with Gasteiger partial charge in [0.05, 0.1) is 12.1 Å². The molecule has 1 aliphatic rings. The lowest BCUT2D eigenvalue weighted by Gasteiger charge is -2.33. The van der Waals surface area contributed by atoms with Gasteiger partial charge >= 0.3 is 6.18 Å². The van der Waals surface area contributed by atoms with E-state index in [1.807, 2.05) is 17.0 Å². The van der Waals surface area contributed by atoms with Gasteiger partial charge in [-0.05, 0) is 61.4 Å². The first-order valence-corrected chi connectivity index (χ1v) is 9.75. The molecule has 0 aliphatic carbocycles. The van der Waals surface area contributed by atoms with Crippen LogP contribution in [0.15, 0.2) is 59.1 Å². The second kappa shape index (κ2) is 8.47. The molecule has 0 unspecified atom stereocenters. The topological polar surface area (TPSA) is 41.3 Å². The van der Waals surface area contributed by atoms with Crippen LogP contribution in [-0.2, 0) is 12.7 Å². The van der Waals surface area contributed by atoms with Gasteiger partial charge in [0, 0.05) is 30.9 Å². The van der Waals surface area contributed by atoms with Gasteiger partial charge in [-0.1, -0.05) is 0 Å². The molecule has 4 nitrogen and oxygen atoms in total. The average Bonchev–Trinajstić information content (AvgIpc) is 3.22. The summed E-state index contributed by atoms with van der Waals surface area (Å²) in [7, 11) is 0. The summed E-state index contributed by atoms with van der Waals surface area (Å²) >= 11 is 0. The second-order valence-electron chi connectivity index (χ2n) is 7.32. The summed E-state index contributed by atoms with van der Waals surface area (Å²) < 4.78 is 56.9. The molecule has 1 aromatic carbocycles. The highest BCUT2D eigenvalue weighted by Gasteiger charge is 2.31. The summed E-state index contributed by atoms with van der Waals surface area (Å²) in [6.07, 6.45) is -1.78. The van der Waals surface area contributed by atoms with Crippen LogP contribution in [0.2, 0.25) is 0 Å². The number of nitrogens with one attached hydrogen (secondary N) is 1. The molecule has 8 heteroatoms. The van der Waals surface area contributed by atoms with E-state index in [1.165, 1.54) is 18.2 Å². The molecular weight excluding hydrogens is 398 g/mol. The molecule has 0 saturated carbocycles. The number of hydrogen-bond donors (Lipinski definition) is 1. The molecule has 0 amide bonds. The molecule has 2 aromatic heterocycles. The Hall–Kier alpha value is -2.87. The number of benzene rings is 1. The molecule has 0 bridgehead atoms. The zero-order valence-electron chi connectivity index (χ0n) is 16.1. The highest BCUT2D eigenvalue weighted by molar-refractivity contribution is 5.57. The molecular formula is C22H21F4N3O. The summed E-state index contributed by atoms with van der Waals surface area (Å²) in [6.45, 7) is 2.01. The van der Waals surface area contributed by atoms with Gasteiger partial charge in [0.15, 0.2) is 0 Å². The van der Waals surface area contributed by atoms with E-state index in [0.717, 1.165) is 49.5 Å². The number of aromatic nitrogens is 1. The Labute approximate surface area is 171 Å². The van der Waals surface area contributed by atoms with Crippen molar-refractivity contribution < 1.29 is 22.0 Å². The van der Waals surface area contributed by atoms with Crippen molar-refractivity contribution in [1.82, 2.24) is 10.3 Å². The van der Waals surface area contributed by atoms with Gasteiger partial charge in [0.1, 0.15) is 23.2 Å². The Balaban J connectivity index is 1.27. The van der Waals surface area contributed by atoms with Crippen molar-refractivity contribution >= 4 is 5.82 Å². The smallest absolute Gasteiger partial charge is 0.417 e. The third kappa shape index (κ3) is 4.81. The number of pyridine rings is 1. The second-order valence-corrected chi connectivity index (χ2v) is 7.32. The van der Waals surface area contributed by atoms with Gasteiger partial charge in [0.2, 0.25) is 0 Å². The molecule has 3 heterocycles. The van der Waals surface area contributed by atoms with Gasteiger partial charge in [-0.25, -0.2) is 9.37 Å². The minimum Gasteiger partial charge on any atom is -0.460 e. The minimum absolute atomic E-state index is 0.287. The van der Waals surface area contributed by atoms with E-state index in [2.05, 4.69) is 10.3 Å². The lowest BCUT2D eigenvalue weighted by Crippen LogP contribution is -2.42. The molecule has 1 N–H and O–H groups in total. The van der Waals surface area contributed by atoms with Crippen molar-refractivity contribution in [3.63, 3.8) is 0 Å². The first-order chi connectivity index (χ1) is 14.4. The number of furan rings is 1. The molecule has 1 saturated heterocycles. The van der Waals surface area contributed by atoms with Crippen LogP contribution in [0.3, 0.4) is 0 Å². The van der Waals surface area contributed by atoms with Crippen LogP contribution >= 0.6 is 0 Å². The highest BCUT2D eigenvalue weighted by atomic mass is 19.4. The van der Waals surface area contributed by atoms with Gasteiger partial charge in [0.25, 0.3) is 0 Å². The molecule has 3 aromatic rings. The van der Waals surface area contributed by atoms with Crippen LogP contribution in [0, 0.1) is 5.82 Å². The molecule has 4 rings (SSSR count). The van der Waals surface area contributed by atoms with E-state index in [0.29, 0.717) is 18.1 Å². The van der Waals surface area contributed by atoms with Gasteiger partial charge in [-0.2, -0.15) is 13.2 Å². The highest BCUT2D eigenvalue weighted by Crippen LogP contribution is 2.30. The average molecular weight is 419 g/mol. The van der Waals surface area contributed by atoms with Crippen molar-refractivity contribution in [2.75, 3.05) is 18.0 Å². The summed E-state index contributed by atoms with van der Waals surface area (Å²) in [6, 6.07) is 12.7. The molecule has 0 atom stereocenters. The Morgan fingerprint density at radius 2 is 1.73 bits per heavy atom. The van der Waals surface area contributed by atoms with Crippen molar-refractivity contribution in [2.45, 2.75) is 31.6 Å². The van der Waals surface area contributed by atoms with Gasteiger partial charge in [-0.15, -0.1) is 0 Å². The Morgan fingerprint density at radius 1 is 1.00 bits per heavy atom. The predicted molar refractivity (Wildman–Crippen MR) is 105 cm³/mol. The van der Waals surface area contributed by atoms with Crippen molar-refractivity contribution in [3.05, 3.63) is 71.9 Å². The van der Waals surface area contributed by atoms with Crippen LogP contribution < -0.4 is 10.2 Å². The van der Waals surface area contributed by atoms with E-state index in [1.54, 1.807) is 12.1 Å². The summed E-state index contributed by atoms with van der Waals surface area (Å²) in [4.78, 5) is 5.97. The third-order valence-corrected chi connectivity index (χ3v) is 5.25. The van der Waals surface area contributed by atoms with Crippen LogP contribution in [0.5, 0.6) is 0 Å². The fraction of sp³-hybridized carbons (Fsp3) is 0.318. The third-order valence-electron chi connectivity index (χ3n) is 5.25. The fourth-order valence-corrected chi connectivity index (χ4v) is 3.54. The minimum atomic E-state index is -4.37. The zero-order valence-corrected chi connectivity index (χ0v) is 16.1. The maximum Gasteiger partial charge on any atom is 0.417 e. The van der Waals surface area contributed by atoms with Crippen LogP contribution in [0.1, 0.15) is 24.2 Å². The first-order valence-electron chi connectivity index (χ1n) is 9.75. The molecule has 1 aliphatic heterocycles. The van der Waals surface area contributed by atoms with Gasteiger partial charge in [-0.3, -0.25) is 0 Å². The maximum absolute atomic E-state index is 13.0. The van der Waals surface area contributed by atoms with E-state index in [-0.39, 0.29) is 11.9 Å². The Kier molecular flexibility index (Phi) is 5.76. The zero-order chi connectivity index (χ0) is 21.1. The van der Waals surface area contributed by atoms with E-state index < -0.39 is 11.7 Å². The molecule has 0 spiro atoms. The molecule has 1 fully saturated rings. The van der Waals surface area contributed by atoms with E-state index in [4.69, 9.17) is 4.42 Å². The Morgan fingerprint density at radius 3 is 2.37 bits per heavy atom. The standard InChI is InChI=1S/C22H21F4N3O/c23-17-4-1-15(2-5-17)20-7-6-19(30-20)14-27-18-9-11-29(12-10-18)21-8-3-16(13-28-21)22(24,25)26/h1-8,13,18,27H,9-12,14H2. The van der Waals surface area contributed by atoms with Crippen molar-refractivity contribution in [2.24, 2.45) is 0 Å². The first kappa shape index (κ1) is 20.4. The maximum atomic E-state index is 13.0. The number of halogens is 4.